The average molecular weight is 316 g/mol. The van der Waals surface area contributed by atoms with E-state index < -0.39 is 0 Å². The number of aromatic amines is 1. The molecule has 2 aromatic rings. The molecule has 0 radical (unpaired) electrons. The first kappa shape index (κ1) is 15.4. The average Bonchev–Trinajstić information content (AvgIpc) is 3.13. The standard InChI is InChI=1S/C15H20N6O2/c1-10-12(8-16-20(10)3)4-5-14(22)21-6-7-23-13(9-21)15-17-11(2)18-19-15/h4-5,8,13H,6-7,9H2,1-3H3,(H,17,18,19)/b5-4+. The van der Waals surface area contributed by atoms with Crippen LogP contribution >= 0.6 is 0 Å². The summed E-state index contributed by atoms with van der Waals surface area (Å²) in [7, 11) is 1.87. The van der Waals surface area contributed by atoms with Gasteiger partial charge in [0, 0.05) is 30.9 Å². The minimum atomic E-state index is -0.286. The van der Waals surface area contributed by atoms with Gasteiger partial charge < -0.3 is 9.64 Å². The summed E-state index contributed by atoms with van der Waals surface area (Å²) in [5.41, 5.74) is 1.96. The molecular weight excluding hydrogens is 296 g/mol. The Morgan fingerprint density at radius 1 is 1.48 bits per heavy atom. The molecule has 1 fully saturated rings. The van der Waals surface area contributed by atoms with E-state index >= 15 is 0 Å². The Bertz CT molecular complexity index is 732. The van der Waals surface area contributed by atoms with Crippen LogP contribution in [0.3, 0.4) is 0 Å². The van der Waals surface area contributed by atoms with E-state index in [2.05, 4.69) is 20.3 Å². The maximum Gasteiger partial charge on any atom is 0.246 e. The molecule has 0 bridgehead atoms. The molecule has 1 aliphatic rings. The fraction of sp³-hybridized carbons (Fsp3) is 0.467. The van der Waals surface area contributed by atoms with Gasteiger partial charge in [0.1, 0.15) is 11.9 Å². The number of amides is 1. The maximum atomic E-state index is 12.4. The highest BCUT2D eigenvalue weighted by atomic mass is 16.5. The Morgan fingerprint density at radius 3 is 2.96 bits per heavy atom. The van der Waals surface area contributed by atoms with E-state index in [0.29, 0.717) is 25.5 Å². The smallest absolute Gasteiger partial charge is 0.246 e. The molecule has 1 amide bonds. The van der Waals surface area contributed by atoms with Crippen molar-refractivity contribution >= 4 is 12.0 Å². The van der Waals surface area contributed by atoms with E-state index in [1.165, 1.54) is 0 Å². The van der Waals surface area contributed by atoms with Crippen LogP contribution in [0.2, 0.25) is 0 Å². The van der Waals surface area contributed by atoms with Crippen LogP contribution in [0.5, 0.6) is 0 Å². The summed E-state index contributed by atoms with van der Waals surface area (Å²) in [5.74, 6) is 1.28. The van der Waals surface area contributed by atoms with Gasteiger partial charge in [0.15, 0.2) is 5.82 Å². The highest BCUT2D eigenvalue weighted by Crippen LogP contribution is 2.19. The lowest BCUT2D eigenvalue weighted by atomic mass is 10.2. The number of H-pyrrole nitrogens is 1. The second kappa shape index (κ2) is 6.33. The summed E-state index contributed by atoms with van der Waals surface area (Å²) in [6.45, 7) is 5.29. The molecule has 0 spiro atoms. The van der Waals surface area contributed by atoms with E-state index in [1.807, 2.05) is 20.9 Å². The Labute approximate surface area is 134 Å². The van der Waals surface area contributed by atoms with Crippen molar-refractivity contribution in [1.82, 2.24) is 29.9 Å². The molecule has 8 nitrogen and oxygen atoms in total. The second-order valence-electron chi connectivity index (χ2n) is 5.56. The van der Waals surface area contributed by atoms with Crippen LogP contribution in [0.25, 0.3) is 6.08 Å². The Hall–Kier alpha value is -2.48. The highest BCUT2D eigenvalue weighted by Gasteiger charge is 2.27. The van der Waals surface area contributed by atoms with E-state index in [9.17, 15) is 4.79 Å². The fourth-order valence-electron chi connectivity index (χ4n) is 2.46. The number of rotatable bonds is 3. The quantitative estimate of drug-likeness (QED) is 0.845. The van der Waals surface area contributed by atoms with Crippen molar-refractivity contribution in [3.63, 3.8) is 0 Å². The Balaban J connectivity index is 1.66. The summed E-state index contributed by atoms with van der Waals surface area (Å²) in [6.07, 6.45) is 4.84. The second-order valence-corrected chi connectivity index (χ2v) is 5.56. The molecule has 122 valence electrons. The summed E-state index contributed by atoms with van der Waals surface area (Å²) < 4.78 is 7.44. The van der Waals surface area contributed by atoms with Gasteiger partial charge in [0.2, 0.25) is 5.91 Å². The number of aromatic nitrogens is 5. The van der Waals surface area contributed by atoms with Gasteiger partial charge in [-0.05, 0) is 19.9 Å². The lowest BCUT2D eigenvalue weighted by Gasteiger charge is -2.30. The number of carbonyl (C=O) groups excluding carboxylic acids is 1. The minimum absolute atomic E-state index is 0.0474. The summed E-state index contributed by atoms with van der Waals surface area (Å²) in [5, 5.41) is 11.1. The van der Waals surface area contributed by atoms with E-state index in [-0.39, 0.29) is 12.0 Å². The molecule has 0 aromatic carbocycles. The molecule has 3 heterocycles. The number of hydrogen-bond donors (Lipinski definition) is 1. The van der Waals surface area contributed by atoms with Gasteiger partial charge in [0.05, 0.1) is 19.3 Å². The van der Waals surface area contributed by atoms with Gasteiger partial charge in [-0.1, -0.05) is 0 Å². The molecule has 0 aliphatic carbocycles. The third kappa shape index (κ3) is 3.31. The summed E-state index contributed by atoms with van der Waals surface area (Å²) in [4.78, 5) is 18.4. The van der Waals surface area contributed by atoms with Gasteiger partial charge in [-0.15, -0.1) is 0 Å². The zero-order valence-corrected chi connectivity index (χ0v) is 13.5. The lowest BCUT2D eigenvalue weighted by Crippen LogP contribution is -2.41. The van der Waals surface area contributed by atoms with Gasteiger partial charge >= 0.3 is 0 Å². The van der Waals surface area contributed by atoms with Crippen LogP contribution < -0.4 is 0 Å². The van der Waals surface area contributed by atoms with Gasteiger partial charge in [0.25, 0.3) is 0 Å². The number of nitrogens with one attached hydrogen (secondary N) is 1. The molecule has 2 aromatic heterocycles. The SMILES string of the molecule is Cc1nc(C2CN(C(=O)/C=C/c3cnn(C)c3C)CCO2)n[nH]1. The van der Waals surface area contributed by atoms with Crippen LogP contribution in [0.1, 0.15) is 29.0 Å². The van der Waals surface area contributed by atoms with Crippen molar-refractivity contribution in [2.24, 2.45) is 7.05 Å². The van der Waals surface area contributed by atoms with Crippen LogP contribution in [0.4, 0.5) is 0 Å². The minimum Gasteiger partial charge on any atom is -0.366 e. The monoisotopic (exact) mass is 316 g/mol. The molecule has 0 saturated carbocycles. The highest BCUT2D eigenvalue weighted by molar-refractivity contribution is 5.92. The summed E-state index contributed by atoms with van der Waals surface area (Å²) >= 11 is 0. The third-order valence-corrected chi connectivity index (χ3v) is 3.96. The number of carbonyl (C=O) groups is 1. The molecular formula is C15H20N6O2. The molecule has 3 rings (SSSR count). The number of hydrogen-bond acceptors (Lipinski definition) is 5. The molecule has 1 atom stereocenters. The first-order chi connectivity index (χ1) is 11.0. The predicted molar refractivity (Wildman–Crippen MR) is 83.4 cm³/mol. The van der Waals surface area contributed by atoms with Gasteiger partial charge in [-0.25, -0.2) is 4.98 Å². The Morgan fingerprint density at radius 2 is 2.30 bits per heavy atom. The van der Waals surface area contributed by atoms with Crippen molar-refractivity contribution in [3.05, 3.63) is 35.2 Å². The lowest BCUT2D eigenvalue weighted by molar-refractivity contribution is -0.134. The van der Waals surface area contributed by atoms with E-state index in [0.717, 1.165) is 17.1 Å². The van der Waals surface area contributed by atoms with Crippen molar-refractivity contribution in [1.29, 1.82) is 0 Å². The molecule has 23 heavy (non-hydrogen) atoms. The summed E-state index contributed by atoms with van der Waals surface area (Å²) in [6, 6.07) is 0. The Kier molecular flexibility index (Phi) is 4.24. The van der Waals surface area contributed by atoms with Crippen molar-refractivity contribution in [3.8, 4) is 0 Å². The first-order valence-corrected chi connectivity index (χ1v) is 7.50. The zero-order chi connectivity index (χ0) is 16.4. The van der Waals surface area contributed by atoms with Crippen molar-refractivity contribution in [2.75, 3.05) is 19.7 Å². The van der Waals surface area contributed by atoms with Crippen molar-refractivity contribution in [2.45, 2.75) is 20.0 Å². The zero-order valence-electron chi connectivity index (χ0n) is 13.5. The number of nitrogens with zero attached hydrogens (tertiary/aromatic N) is 5. The fourth-order valence-corrected chi connectivity index (χ4v) is 2.46. The molecule has 8 heteroatoms. The number of morpholine rings is 1. The van der Waals surface area contributed by atoms with Gasteiger partial charge in [-0.3, -0.25) is 14.6 Å². The third-order valence-electron chi connectivity index (χ3n) is 3.96. The molecule has 1 unspecified atom stereocenters. The molecule has 1 saturated heterocycles. The van der Waals surface area contributed by atoms with Crippen LogP contribution in [0, 0.1) is 13.8 Å². The van der Waals surface area contributed by atoms with E-state index in [1.54, 1.807) is 27.9 Å². The topological polar surface area (TPSA) is 88.9 Å². The molecule has 1 aliphatic heterocycles. The van der Waals surface area contributed by atoms with Gasteiger partial charge in [-0.2, -0.15) is 10.2 Å². The number of ether oxygens (including phenoxy) is 1. The van der Waals surface area contributed by atoms with Crippen molar-refractivity contribution < 1.29 is 9.53 Å². The predicted octanol–water partition coefficient (Wildman–Crippen LogP) is 0.768. The largest absolute Gasteiger partial charge is 0.366 e. The number of aryl methyl sites for hydroxylation is 2. The first-order valence-electron chi connectivity index (χ1n) is 7.50. The normalized spacial score (nSPS) is 18.7. The van der Waals surface area contributed by atoms with E-state index in [4.69, 9.17) is 4.74 Å². The molecule has 1 N–H and O–H groups in total. The maximum absolute atomic E-state index is 12.4. The van der Waals surface area contributed by atoms with Crippen LogP contribution in [-0.2, 0) is 16.6 Å². The van der Waals surface area contributed by atoms with Crippen LogP contribution in [0.15, 0.2) is 12.3 Å². The van der Waals surface area contributed by atoms with Crippen LogP contribution in [-0.4, -0.2) is 55.5 Å².